The first-order valence-corrected chi connectivity index (χ1v) is 11.5. The van der Waals surface area contributed by atoms with Crippen LogP contribution in [-0.4, -0.2) is 30.1 Å². The first-order valence-electron chi connectivity index (χ1n) is 11.5. The van der Waals surface area contributed by atoms with Crippen LogP contribution in [0.2, 0.25) is 0 Å². The highest BCUT2D eigenvalue weighted by Crippen LogP contribution is 2.63. The second kappa shape index (κ2) is 7.38. The second-order valence-electron chi connectivity index (χ2n) is 10.7. The van der Waals surface area contributed by atoms with Crippen molar-refractivity contribution in [2.24, 2.45) is 28.6 Å². The van der Waals surface area contributed by atoms with Gasteiger partial charge in [-0.15, -0.1) is 0 Å². The molecule has 0 aromatic heterocycles. The molecule has 3 aliphatic carbocycles. The van der Waals surface area contributed by atoms with Gasteiger partial charge in [0.15, 0.2) is 0 Å². The van der Waals surface area contributed by atoms with Crippen molar-refractivity contribution in [2.75, 3.05) is 0 Å². The monoisotopic (exact) mass is 438 g/mol. The van der Waals surface area contributed by atoms with Gasteiger partial charge < -0.3 is 10.6 Å². The van der Waals surface area contributed by atoms with Crippen LogP contribution >= 0.6 is 0 Å². The Bertz CT molecular complexity index is 835. The van der Waals surface area contributed by atoms with E-state index in [2.05, 4.69) is 31.1 Å². The van der Waals surface area contributed by atoms with E-state index in [-0.39, 0.29) is 17.0 Å². The first kappa shape index (κ1) is 22.4. The summed E-state index contributed by atoms with van der Waals surface area (Å²) in [4.78, 5) is 25.5. The van der Waals surface area contributed by atoms with E-state index in [0.29, 0.717) is 23.2 Å². The maximum absolute atomic E-state index is 12.9. The zero-order valence-electron chi connectivity index (χ0n) is 18.6. The molecule has 7 atom stereocenters. The van der Waals surface area contributed by atoms with Crippen LogP contribution < -0.4 is 10.6 Å². The molecule has 4 rings (SSSR count). The van der Waals surface area contributed by atoms with Crippen LogP contribution in [0.15, 0.2) is 23.8 Å². The summed E-state index contributed by atoms with van der Waals surface area (Å²) < 4.78 is 38.8. The lowest BCUT2D eigenvalue weighted by molar-refractivity contribution is -0.128. The molecule has 0 saturated heterocycles. The van der Waals surface area contributed by atoms with E-state index in [0.717, 1.165) is 25.7 Å². The normalized spacial score (nSPS) is 40.6. The van der Waals surface area contributed by atoms with Gasteiger partial charge in [-0.25, -0.2) is 0 Å². The van der Waals surface area contributed by atoms with Crippen LogP contribution in [0.25, 0.3) is 0 Å². The minimum absolute atomic E-state index is 0.0360. The molecule has 2 unspecified atom stereocenters. The summed E-state index contributed by atoms with van der Waals surface area (Å²) in [5.74, 6) is 0.362. The molecule has 7 heteroatoms. The molecule has 2 amide bonds. The fourth-order valence-corrected chi connectivity index (χ4v) is 7.21. The molecular weight excluding hydrogens is 405 g/mol. The fraction of sp³-hybridized carbons (Fsp3) is 0.750. The van der Waals surface area contributed by atoms with Crippen molar-refractivity contribution in [2.45, 2.75) is 84.0 Å². The van der Waals surface area contributed by atoms with Crippen LogP contribution in [0.3, 0.4) is 0 Å². The van der Waals surface area contributed by atoms with Crippen molar-refractivity contribution in [3.05, 3.63) is 23.8 Å². The second-order valence-corrected chi connectivity index (χ2v) is 10.7. The Morgan fingerprint density at radius 2 is 1.90 bits per heavy atom. The zero-order chi connectivity index (χ0) is 22.8. The Balaban J connectivity index is 1.59. The van der Waals surface area contributed by atoms with Crippen molar-refractivity contribution in [1.29, 1.82) is 0 Å². The molecule has 3 fully saturated rings. The number of hydrogen-bond acceptors (Lipinski definition) is 2. The average Bonchev–Trinajstić information content (AvgIpc) is 3.08. The van der Waals surface area contributed by atoms with Crippen molar-refractivity contribution >= 4 is 11.8 Å². The first-order chi connectivity index (χ1) is 14.4. The molecule has 0 radical (unpaired) electrons. The van der Waals surface area contributed by atoms with Crippen molar-refractivity contribution in [1.82, 2.24) is 10.6 Å². The van der Waals surface area contributed by atoms with Crippen molar-refractivity contribution < 1.29 is 22.8 Å². The number of halogens is 3. The number of rotatable bonds is 3. The third kappa shape index (κ3) is 3.62. The Hall–Kier alpha value is -1.79. The summed E-state index contributed by atoms with van der Waals surface area (Å²) in [6.07, 6.45) is 5.17. The quantitative estimate of drug-likeness (QED) is 0.497. The molecule has 0 spiro atoms. The van der Waals surface area contributed by atoms with E-state index >= 15 is 0 Å². The molecule has 0 bridgehead atoms. The van der Waals surface area contributed by atoms with Crippen molar-refractivity contribution in [3.63, 3.8) is 0 Å². The van der Waals surface area contributed by atoms with Gasteiger partial charge >= 0.3 is 6.18 Å². The molecule has 2 N–H and O–H groups in total. The summed E-state index contributed by atoms with van der Waals surface area (Å²) in [6, 6.07) is -1.34. The molecule has 0 aromatic rings. The molecule has 1 heterocycles. The topological polar surface area (TPSA) is 58.2 Å². The zero-order valence-corrected chi connectivity index (χ0v) is 18.6. The van der Waals surface area contributed by atoms with E-state index in [1.54, 1.807) is 6.08 Å². The van der Waals surface area contributed by atoms with Gasteiger partial charge in [0.1, 0.15) is 5.57 Å². The van der Waals surface area contributed by atoms with Crippen molar-refractivity contribution in [3.8, 4) is 0 Å². The Labute approximate surface area is 182 Å². The Kier molecular flexibility index (Phi) is 5.33. The number of hydrogen-bond donors (Lipinski definition) is 2. The van der Waals surface area contributed by atoms with Gasteiger partial charge in [0.25, 0.3) is 11.8 Å². The number of carbonyl (C=O) groups is 2. The average molecular weight is 439 g/mol. The molecule has 172 valence electrons. The van der Waals surface area contributed by atoms with E-state index in [4.69, 9.17) is 0 Å². The third-order valence-corrected chi connectivity index (χ3v) is 9.04. The summed E-state index contributed by atoms with van der Waals surface area (Å²) in [5, 5.41) is 5.34. The van der Waals surface area contributed by atoms with Crippen LogP contribution in [0.4, 0.5) is 13.2 Å². The van der Waals surface area contributed by atoms with Crippen LogP contribution in [0, 0.1) is 28.6 Å². The lowest BCUT2D eigenvalue weighted by atomic mass is 9.48. The lowest BCUT2D eigenvalue weighted by Crippen LogP contribution is -2.60. The van der Waals surface area contributed by atoms with E-state index in [1.165, 1.54) is 26.2 Å². The van der Waals surface area contributed by atoms with Crippen LogP contribution in [0.5, 0.6) is 0 Å². The smallest absolute Gasteiger partial charge is 0.348 e. The summed E-state index contributed by atoms with van der Waals surface area (Å²) >= 11 is 0. The molecule has 1 aliphatic heterocycles. The van der Waals surface area contributed by atoms with E-state index in [9.17, 15) is 22.8 Å². The van der Waals surface area contributed by atoms with Crippen LogP contribution in [0.1, 0.15) is 65.7 Å². The van der Waals surface area contributed by atoms with Gasteiger partial charge in [-0.05, 0) is 68.6 Å². The number of fused-ring (bicyclic) bond motifs is 5. The Morgan fingerprint density at radius 3 is 2.58 bits per heavy atom. The van der Waals surface area contributed by atoms with Gasteiger partial charge in [0, 0.05) is 17.0 Å². The Morgan fingerprint density at radius 1 is 1.19 bits per heavy atom. The standard InChI is InChI=1S/C24H33F3N2O2/c1-13(24(25,26)27)14(2)28-20(30)16-12-23(4)18-9-11-22(3)10-5-6-17(22)15(18)7-8-19(23)29-21(16)31/h12,14-15,17-19H,1,5-11H2,2-4H3,(H,28,30)(H,29,31)/t14?,15-,17-,18+,19?,22-,23+/m0/s1. The minimum atomic E-state index is -4.60. The van der Waals surface area contributed by atoms with Crippen LogP contribution in [-0.2, 0) is 9.59 Å². The predicted octanol–water partition coefficient (Wildman–Crippen LogP) is 4.67. The van der Waals surface area contributed by atoms with Gasteiger partial charge in [0.05, 0.1) is 6.04 Å². The number of nitrogens with one attached hydrogen (secondary N) is 2. The maximum Gasteiger partial charge on any atom is 0.414 e. The molecule has 0 aromatic carbocycles. The third-order valence-electron chi connectivity index (χ3n) is 9.04. The largest absolute Gasteiger partial charge is 0.414 e. The van der Waals surface area contributed by atoms with Gasteiger partial charge in [0.2, 0.25) is 0 Å². The molecule has 3 saturated carbocycles. The number of carbonyl (C=O) groups excluding carboxylic acids is 2. The SMILES string of the molecule is C=C(C(C)NC(=O)C1=C[C@@]2(C)C(CC[C@@H]3[C@H]2CC[C@]2(C)CCC[C@@H]32)NC1=O)C(F)(F)F. The van der Waals surface area contributed by atoms with E-state index < -0.39 is 29.6 Å². The maximum atomic E-state index is 12.9. The van der Waals surface area contributed by atoms with Gasteiger partial charge in [-0.2, -0.15) is 13.2 Å². The number of amides is 2. The summed E-state index contributed by atoms with van der Waals surface area (Å²) in [7, 11) is 0. The summed E-state index contributed by atoms with van der Waals surface area (Å²) in [5.41, 5.74) is -1.06. The highest BCUT2D eigenvalue weighted by Gasteiger charge is 2.58. The highest BCUT2D eigenvalue weighted by molar-refractivity contribution is 6.19. The minimum Gasteiger partial charge on any atom is -0.348 e. The fourth-order valence-electron chi connectivity index (χ4n) is 7.21. The summed E-state index contributed by atoms with van der Waals surface area (Å²) in [6.45, 7) is 8.83. The van der Waals surface area contributed by atoms with E-state index in [1.807, 2.05) is 0 Å². The molecule has 4 nitrogen and oxygen atoms in total. The van der Waals surface area contributed by atoms with Gasteiger partial charge in [-0.1, -0.05) is 32.9 Å². The molecule has 31 heavy (non-hydrogen) atoms. The lowest BCUT2D eigenvalue weighted by Gasteiger charge is -2.58. The highest BCUT2D eigenvalue weighted by atomic mass is 19.4. The molecular formula is C24H33F3N2O2. The predicted molar refractivity (Wildman–Crippen MR) is 112 cm³/mol. The number of alkyl halides is 3. The molecule has 4 aliphatic rings. The van der Waals surface area contributed by atoms with Gasteiger partial charge in [-0.3, -0.25) is 9.59 Å².